The molecule has 2 rings (SSSR count). The second kappa shape index (κ2) is 8.98. The second-order valence-electron chi connectivity index (χ2n) is 5.93. The minimum Gasteiger partial charge on any atom is -0.325 e. The number of carbonyl (C=O) groups is 1. The molecule has 2 aromatic rings. The van der Waals surface area contributed by atoms with Crippen LogP contribution in [-0.4, -0.2) is 29.3 Å². The number of hydrogen-bond acceptors (Lipinski definition) is 4. The Morgan fingerprint density at radius 3 is 2.69 bits per heavy atom. The SMILES string of the molecule is CC(c1cccc([N+](=O)[O-])c1)N(C)CCC(=O)Nc1cc(Cl)ccc1Cl. The number of rotatable bonds is 7. The Morgan fingerprint density at radius 2 is 2.00 bits per heavy atom. The van der Waals surface area contributed by atoms with Gasteiger partial charge in [-0.25, -0.2) is 0 Å². The van der Waals surface area contributed by atoms with Gasteiger partial charge in [0.1, 0.15) is 0 Å². The highest BCUT2D eigenvalue weighted by Crippen LogP contribution is 2.26. The summed E-state index contributed by atoms with van der Waals surface area (Å²) in [6.07, 6.45) is 0.249. The summed E-state index contributed by atoms with van der Waals surface area (Å²) in [6, 6.07) is 11.3. The quantitative estimate of drug-likeness (QED) is 0.532. The largest absolute Gasteiger partial charge is 0.325 e. The molecule has 0 aliphatic carbocycles. The van der Waals surface area contributed by atoms with Crippen molar-refractivity contribution in [2.45, 2.75) is 19.4 Å². The van der Waals surface area contributed by atoms with E-state index < -0.39 is 4.92 Å². The van der Waals surface area contributed by atoms with E-state index in [0.29, 0.717) is 22.3 Å². The summed E-state index contributed by atoms with van der Waals surface area (Å²) in [5.74, 6) is -0.188. The molecule has 1 unspecified atom stereocenters. The van der Waals surface area contributed by atoms with E-state index in [1.165, 1.54) is 6.07 Å². The van der Waals surface area contributed by atoms with Crippen molar-refractivity contribution in [3.63, 3.8) is 0 Å². The number of nitro benzene ring substituents is 1. The van der Waals surface area contributed by atoms with Crippen LogP contribution in [0, 0.1) is 10.1 Å². The van der Waals surface area contributed by atoms with Crippen molar-refractivity contribution in [1.29, 1.82) is 0 Å². The fraction of sp³-hybridized carbons (Fsp3) is 0.278. The van der Waals surface area contributed by atoms with Gasteiger partial charge >= 0.3 is 0 Å². The van der Waals surface area contributed by atoms with Gasteiger partial charge in [0, 0.05) is 36.2 Å². The molecule has 0 radical (unpaired) electrons. The van der Waals surface area contributed by atoms with Crippen molar-refractivity contribution in [2.75, 3.05) is 18.9 Å². The van der Waals surface area contributed by atoms with Crippen LogP contribution in [0.3, 0.4) is 0 Å². The summed E-state index contributed by atoms with van der Waals surface area (Å²) in [6.45, 7) is 2.42. The lowest BCUT2D eigenvalue weighted by molar-refractivity contribution is -0.384. The van der Waals surface area contributed by atoms with Crippen LogP contribution in [0.4, 0.5) is 11.4 Å². The highest BCUT2D eigenvalue weighted by molar-refractivity contribution is 6.35. The molecule has 0 aliphatic rings. The standard InChI is InChI=1S/C18H19Cl2N3O3/c1-12(13-4-3-5-15(10-13)23(25)26)22(2)9-8-18(24)21-17-11-14(19)6-7-16(17)20/h3-7,10-12H,8-9H2,1-2H3,(H,21,24). The van der Waals surface area contributed by atoms with Crippen molar-refractivity contribution < 1.29 is 9.72 Å². The molecule has 0 bridgehead atoms. The second-order valence-corrected chi connectivity index (χ2v) is 6.77. The van der Waals surface area contributed by atoms with Gasteiger partial charge in [-0.05, 0) is 37.7 Å². The van der Waals surface area contributed by atoms with E-state index in [4.69, 9.17) is 23.2 Å². The Morgan fingerprint density at radius 1 is 1.27 bits per heavy atom. The van der Waals surface area contributed by atoms with Gasteiger partial charge in [-0.2, -0.15) is 0 Å². The van der Waals surface area contributed by atoms with Crippen molar-refractivity contribution in [3.8, 4) is 0 Å². The molecule has 1 N–H and O–H groups in total. The lowest BCUT2D eigenvalue weighted by Crippen LogP contribution is -2.27. The summed E-state index contributed by atoms with van der Waals surface area (Å²) in [5, 5.41) is 14.5. The van der Waals surface area contributed by atoms with Gasteiger partial charge in [0.25, 0.3) is 5.69 Å². The maximum Gasteiger partial charge on any atom is 0.269 e. The minimum atomic E-state index is -0.418. The zero-order valence-electron chi connectivity index (χ0n) is 14.4. The summed E-state index contributed by atoms with van der Waals surface area (Å²) in [5.41, 5.74) is 1.34. The van der Waals surface area contributed by atoms with Gasteiger partial charge in [-0.1, -0.05) is 35.3 Å². The Kier molecular flexibility index (Phi) is 6.97. The highest BCUT2D eigenvalue weighted by atomic mass is 35.5. The van der Waals surface area contributed by atoms with E-state index in [2.05, 4.69) is 5.32 Å². The van der Waals surface area contributed by atoms with Gasteiger partial charge in [0.05, 0.1) is 15.6 Å². The van der Waals surface area contributed by atoms with Crippen LogP contribution < -0.4 is 5.32 Å². The van der Waals surface area contributed by atoms with Crippen LogP contribution in [0.5, 0.6) is 0 Å². The number of hydrogen-bond donors (Lipinski definition) is 1. The summed E-state index contributed by atoms with van der Waals surface area (Å²) >= 11 is 11.9. The average molecular weight is 396 g/mol. The summed E-state index contributed by atoms with van der Waals surface area (Å²) in [7, 11) is 1.86. The van der Waals surface area contributed by atoms with Crippen LogP contribution >= 0.6 is 23.2 Å². The van der Waals surface area contributed by atoms with E-state index >= 15 is 0 Å². The van der Waals surface area contributed by atoms with Crippen molar-refractivity contribution in [2.24, 2.45) is 0 Å². The Hall–Kier alpha value is -2.15. The molecule has 1 amide bonds. The fourth-order valence-electron chi connectivity index (χ4n) is 2.43. The normalized spacial score (nSPS) is 12.0. The Balaban J connectivity index is 1.94. The molecular weight excluding hydrogens is 377 g/mol. The van der Waals surface area contributed by atoms with Crippen molar-refractivity contribution in [3.05, 3.63) is 68.2 Å². The number of anilines is 1. The van der Waals surface area contributed by atoms with E-state index in [1.54, 1.807) is 30.3 Å². The topological polar surface area (TPSA) is 75.5 Å². The van der Waals surface area contributed by atoms with E-state index in [9.17, 15) is 14.9 Å². The molecule has 0 spiro atoms. The van der Waals surface area contributed by atoms with Crippen LogP contribution in [0.2, 0.25) is 10.0 Å². The molecule has 8 heteroatoms. The van der Waals surface area contributed by atoms with E-state index in [0.717, 1.165) is 5.56 Å². The Bertz CT molecular complexity index is 814. The van der Waals surface area contributed by atoms with Crippen LogP contribution in [0.1, 0.15) is 24.9 Å². The first-order chi connectivity index (χ1) is 12.3. The number of amides is 1. The van der Waals surface area contributed by atoms with Gasteiger partial charge in [0.15, 0.2) is 0 Å². The van der Waals surface area contributed by atoms with Gasteiger partial charge in [-0.3, -0.25) is 19.8 Å². The first kappa shape index (κ1) is 20.2. The van der Waals surface area contributed by atoms with Crippen LogP contribution in [-0.2, 0) is 4.79 Å². The number of nitrogens with one attached hydrogen (secondary N) is 1. The van der Waals surface area contributed by atoms with Gasteiger partial charge in [0.2, 0.25) is 5.91 Å². The van der Waals surface area contributed by atoms with Gasteiger partial charge in [-0.15, -0.1) is 0 Å². The predicted octanol–water partition coefficient (Wildman–Crippen LogP) is 4.92. The summed E-state index contributed by atoms with van der Waals surface area (Å²) in [4.78, 5) is 24.6. The first-order valence-electron chi connectivity index (χ1n) is 7.97. The van der Waals surface area contributed by atoms with Gasteiger partial charge < -0.3 is 5.32 Å². The van der Waals surface area contributed by atoms with Crippen LogP contribution in [0.25, 0.3) is 0 Å². The minimum absolute atomic E-state index is 0.0519. The highest BCUT2D eigenvalue weighted by Gasteiger charge is 2.16. The molecule has 1 atom stereocenters. The first-order valence-corrected chi connectivity index (χ1v) is 8.73. The number of benzene rings is 2. The molecule has 0 saturated carbocycles. The molecule has 0 aliphatic heterocycles. The number of nitro groups is 1. The molecular formula is C18H19Cl2N3O3. The lowest BCUT2D eigenvalue weighted by Gasteiger charge is -2.24. The smallest absolute Gasteiger partial charge is 0.269 e. The molecule has 0 fully saturated rings. The average Bonchev–Trinajstić information content (AvgIpc) is 2.62. The molecule has 2 aromatic carbocycles. The molecule has 0 aromatic heterocycles. The maximum absolute atomic E-state index is 12.2. The number of carbonyl (C=O) groups excluding carboxylic acids is 1. The number of halogens is 2. The van der Waals surface area contributed by atoms with Crippen molar-refractivity contribution in [1.82, 2.24) is 4.90 Å². The maximum atomic E-state index is 12.2. The molecule has 138 valence electrons. The lowest BCUT2D eigenvalue weighted by atomic mass is 10.1. The van der Waals surface area contributed by atoms with E-state index in [1.807, 2.05) is 24.9 Å². The van der Waals surface area contributed by atoms with E-state index in [-0.39, 0.29) is 24.1 Å². The third-order valence-electron chi connectivity index (χ3n) is 4.12. The van der Waals surface area contributed by atoms with Crippen molar-refractivity contribution >= 4 is 40.5 Å². The molecule has 26 heavy (non-hydrogen) atoms. The molecule has 6 nitrogen and oxygen atoms in total. The zero-order valence-corrected chi connectivity index (χ0v) is 15.9. The molecule has 0 saturated heterocycles. The predicted molar refractivity (Wildman–Crippen MR) is 104 cm³/mol. The third kappa shape index (κ3) is 5.42. The summed E-state index contributed by atoms with van der Waals surface area (Å²) < 4.78 is 0. The van der Waals surface area contributed by atoms with Crippen LogP contribution in [0.15, 0.2) is 42.5 Å². The molecule has 0 heterocycles. The fourth-order valence-corrected chi connectivity index (χ4v) is 2.77. The Labute approximate surface area is 161 Å². The number of nitrogens with zero attached hydrogens (tertiary/aromatic N) is 2. The monoisotopic (exact) mass is 395 g/mol. The third-order valence-corrected chi connectivity index (χ3v) is 4.68. The number of non-ortho nitro benzene ring substituents is 1. The zero-order chi connectivity index (χ0) is 19.3.